The molecule has 0 bridgehead atoms. The molecule has 172 valence electrons. The van der Waals surface area contributed by atoms with Gasteiger partial charge < -0.3 is 25.0 Å². The van der Waals surface area contributed by atoms with Crippen LogP contribution < -0.4 is 15.4 Å². The van der Waals surface area contributed by atoms with Crippen LogP contribution in [0.4, 0.5) is 0 Å². The molecule has 2 aromatic carbocycles. The summed E-state index contributed by atoms with van der Waals surface area (Å²) >= 11 is 0. The van der Waals surface area contributed by atoms with E-state index in [1.165, 1.54) is 0 Å². The third-order valence-corrected chi connectivity index (χ3v) is 5.08. The predicted octanol–water partition coefficient (Wildman–Crippen LogP) is 3.07. The van der Waals surface area contributed by atoms with Crippen molar-refractivity contribution in [3.63, 3.8) is 0 Å². The molecular formula is C25H34N4O3. The van der Waals surface area contributed by atoms with Gasteiger partial charge in [0.25, 0.3) is 5.91 Å². The summed E-state index contributed by atoms with van der Waals surface area (Å²) in [6.07, 6.45) is 0.123. The van der Waals surface area contributed by atoms with E-state index in [0.29, 0.717) is 38.3 Å². The molecule has 1 amide bonds. The Morgan fingerprint density at radius 1 is 1.06 bits per heavy atom. The Kier molecular flexibility index (Phi) is 8.92. The fourth-order valence-corrected chi connectivity index (χ4v) is 3.65. The second kappa shape index (κ2) is 12.1. The fraction of sp³-hybridized carbons (Fsp3) is 0.440. The van der Waals surface area contributed by atoms with Gasteiger partial charge in [-0.05, 0) is 50.6 Å². The molecule has 2 atom stereocenters. The van der Waals surface area contributed by atoms with Crippen molar-refractivity contribution in [2.45, 2.75) is 39.5 Å². The Morgan fingerprint density at radius 2 is 1.75 bits per heavy atom. The van der Waals surface area contributed by atoms with Crippen LogP contribution >= 0.6 is 0 Å². The number of amides is 1. The van der Waals surface area contributed by atoms with Gasteiger partial charge in [-0.15, -0.1) is 0 Å². The molecule has 1 heterocycles. The first-order valence-corrected chi connectivity index (χ1v) is 11.3. The largest absolute Gasteiger partial charge is 0.492 e. The SMILES string of the molecule is CCNC(=NCc1ccc(C(=O)N2CC(C)OC(C)C2)cc1)NCCOc1ccccc1. The molecule has 0 saturated carbocycles. The zero-order valence-electron chi connectivity index (χ0n) is 19.2. The Bertz CT molecular complexity index is 861. The number of carbonyl (C=O) groups is 1. The van der Waals surface area contributed by atoms with Crippen LogP contribution in [0.1, 0.15) is 36.7 Å². The van der Waals surface area contributed by atoms with Crippen LogP contribution in [0.3, 0.4) is 0 Å². The molecule has 2 N–H and O–H groups in total. The van der Waals surface area contributed by atoms with E-state index < -0.39 is 0 Å². The first-order valence-electron chi connectivity index (χ1n) is 11.3. The zero-order chi connectivity index (χ0) is 22.8. The zero-order valence-corrected chi connectivity index (χ0v) is 19.2. The highest BCUT2D eigenvalue weighted by Gasteiger charge is 2.26. The number of rotatable bonds is 8. The quantitative estimate of drug-likeness (QED) is 0.376. The average Bonchev–Trinajstić information content (AvgIpc) is 2.80. The molecule has 1 aliphatic heterocycles. The van der Waals surface area contributed by atoms with Crippen LogP contribution in [0, 0.1) is 0 Å². The lowest BCUT2D eigenvalue weighted by molar-refractivity contribution is -0.0586. The number of ether oxygens (including phenoxy) is 2. The normalized spacial score (nSPS) is 18.8. The van der Waals surface area contributed by atoms with Gasteiger partial charge in [0.2, 0.25) is 0 Å². The summed E-state index contributed by atoms with van der Waals surface area (Å²) in [6, 6.07) is 17.4. The highest BCUT2D eigenvalue weighted by atomic mass is 16.5. The summed E-state index contributed by atoms with van der Waals surface area (Å²) in [5.41, 5.74) is 1.74. The van der Waals surface area contributed by atoms with E-state index in [9.17, 15) is 4.79 Å². The summed E-state index contributed by atoms with van der Waals surface area (Å²) in [5.74, 6) is 1.64. The fourth-order valence-electron chi connectivity index (χ4n) is 3.65. The topological polar surface area (TPSA) is 75.2 Å². The summed E-state index contributed by atoms with van der Waals surface area (Å²) in [4.78, 5) is 19.3. The summed E-state index contributed by atoms with van der Waals surface area (Å²) in [5, 5.41) is 6.53. The number of benzene rings is 2. The number of carbonyl (C=O) groups excluding carboxylic acids is 1. The van der Waals surface area contributed by atoms with Crippen molar-refractivity contribution in [3.8, 4) is 5.75 Å². The van der Waals surface area contributed by atoms with Gasteiger partial charge in [-0.1, -0.05) is 30.3 Å². The minimum Gasteiger partial charge on any atom is -0.492 e. The van der Waals surface area contributed by atoms with Gasteiger partial charge in [0.15, 0.2) is 5.96 Å². The Morgan fingerprint density at radius 3 is 2.41 bits per heavy atom. The van der Waals surface area contributed by atoms with E-state index in [4.69, 9.17) is 9.47 Å². The van der Waals surface area contributed by atoms with Crippen LogP contribution in [0.2, 0.25) is 0 Å². The standard InChI is InChI=1S/C25H34N4O3/c1-4-26-25(27-14-15-31-23-8-6-5-7-9-23)28-16-21-10-12-22(13-11-21)24(30)29-17-19(2)32-20(3)18-29/h5-13,19-20H,4,14-18H2,1-3H3,(H2,26,27,28). The maximum atomic E-state index is 12.8. The first-order chi connectivity index (χ1) is 15.5. The van der Waals surface area contributed by atoms with Crippen LogP contribution in [0.25, 0.3) is 0 Å². The van der Waals surface area contributed by atoms with E-state index in [1.54, 1.807) is 0 Å². The maximum Gasteiger partial charge on any atom is 0.254 e. The molecule has 1 fully saturated rings. The highest BCUT2D eigenvalue weighted by molar-refractivity contribution is 5.94. The lowest BCUT2D eigenvalue weighted by Gasteiger charge is -2.35. The van der Waals surface area contributed by atoms with Crippen molar-refractivity contribution in [2.75, 3.05) is 32.8 Å². The number of morpholine rings is 1. The van der Waals surface area contributed by atoms with Crippen LogP contribution in [-0.2, 0) is 11.3 Å². The van der Waals surface area contributed by atoms with Gasteiger partial charge in [-0.2, -0.15) is 0 Å². The van der Waals surface area contributed by atoms with Crippen LogP contribution in [0.5, 0.6) is 5.75 Å². The van der Waals surface area contributed by atoms with Gasteiger partial charge in [0.05, 0.1) is 25.3 Å². The van der Waals surface area contributed by atoms with Gasteiger partial charge >= 0.3 is 0 Å². The number of para-hydroxylation sites is 1. The number of hydrogen-bond donors (Lipinski definition) is 2. The number of aliphatic imine (C=N–C) groups is 1. The summed E-state index contributed by atoms with van der Waals surface area (Å²) in [7, 11) is 0. The maximum absolute atomic E-state index is 12.8. The molecule has 2 unspecified atom stereocenters. The molecule has 2 aromatic rings. The molecule has 1 saturated heterocycles. The Balaban J connectivity index is 1.50. The molecule has 0 aromatic heterocycles. The third kappa shape index (κ3) is 7.27. The number of nitrogens with zero attached hydrogens (tertiary/aromatic N) is 2. The minimum atomic E-state index is 0.0514. The average molecular weight is 439 g/mol. The van der Waals surface area contributed by atoms with Gasteiger partial charge in [0, 0.05) is 25.2 Å². The smallest absolute Gasteiger partial charge is 0.254 e. The summed E-state index contributed by atoms with van der Waals surface area (Å²) < 4.78 is 11.4. The van der Waals surface area contributed by atoms with Crippen molar-refractivity contribution in [1.82, 2.24) is 15.5 Å². The van der Waals surface area contributed by atoms with E-state index in [0.717, 1.165) is 23.8 Å². The molecule has 3 rings (SSSR count). The van der Waals surface area contributed by atoms with Crippen molar-refractivity contribution in [3.05, 3.63) is 65.7 Å². The van der Waals surface area contributed by atoms with Gasteiger partial charge in [-0.3, -0.25) is 4.79 Å². The van der Waals surface area contributed by atoms with Gasteiger partial charge in [0.1, 0.15) is 12.4 Å². The van der Waals surface area contributed by atoms with Crippen molar-refractivity contribution in [2.24, 2.45) is 4.99 Å². The third-order valence-electron chi connectivity index (χ3n) is 5.08. The molecule has 0 spiro atoms. The molecule has 1 aliphatic rings. The lowest BCUT2D eigenvalue weighted by atomic mass is 10.1. The van der Waals surface area contributed by atoms with E-state index >= 15 is 0 Å². The first kappa shape index (κ1) is 23.6. The number of nitrogens with one attached hydrogen (secondary N) is 2. The van der Waals surface area contributed by atoms with Crippen LogP contribution in [0.15, 0.2) is 59.6 Å². The monoisotopic (exact) mass is 438 g/mol. The van der Waals surface area contributed by atoms with Crippen molar-refractivity contribution < 1.29 is 14.3 Å². The summed E-state index contributed by atoms with van der Waals surface area (Å²) in [6.45, 7) is 9.77. The second-order valence-electron chi connectivity index (χ2n) is 7.95. The molecule has 0 radical (unpaired) electrons. The molecule has 7 nitrogen and oxygen atoms in total. The van der Waals surface area contributed by atoms with Crippen molar-refractivity contribution in [1.29, 1.82) is 0 Å². The number of guanidine groups is 1. The van der Waals surface area contributed by atoms with Crippen molar-refractivity contribution >= 4 is 11.9 Å². The predicted molar refractivity (Wildman–Crippen MR) is 127 cm³/mol. The van der Waals surface area contributed by atoms with Gasteiger partial charge in [-0.25, -0.2) is 4.99 Å². The molecular weight excluding hydrogens is 404 g/mol. The molecule has 7 heteroatoms. The molecule has 32 heavy (non-hydrogen) atoms. The minimum absolute atomic E-state index is 0.0514. The highest BCUT2D eigenvalue weighted by Crippen LogP contribution is 2.15. The van der Waals surface area contributed by atoms with E-state index in [1.807, 2.05) is 80.3 Å². The lowest BCUT2D eigenvalue weighted by Crippen LogP contribution is -2.48. The van der Waals surface area contributed by atoms with E-state index in [-0.39, 0.29) is 18.1 Å². The Labute approximate surface area is 190 Å². The van der Waals surface area contributed by atoms with Crippen LogP contribution in [-0.4, -0.2) is 61.8 Å². The second-order valence-corrected chi connectivity index (χ2v) is 7.95. The Hall–Kier alpha value is -3.06. The number of hydrogen-bond acceptors (Lipinski definition) is 4. The van der Waals surface area contributed by atoms with E-state index in [2.05, 4.69) is 15.6 Å². The molecule has 0 aliphatic carbocycles.